The van der Waals surface area contributed by atoms with Crippen LogP contribution in [0.4, 0.5) is 5.69 Å². The molecule has 1 atom stereocenters. The van der Waals surface area contributed by atoms with Crippen molar-refractivity contribution in [2.24, 2.45) is 5.92 Å². The van der Waals surface area contributed by atoms with Gasteiger partial charge in [-0.3, -0.25) is 14.9 Å². The van der Waals surface area contributed by atoms with Gasteiger partial charge in [-0.15, -0.1) is 10.2 Å². The average molecular weight is 359 g/mol. The molecule has 2 aromatic rings. The van der Waals surface area contributed by atoms with Crippen LogP contribution in [0.2, 0.25) is 0 Å². The molecule has 0 bridgehead atoms. The summed E-state index contributed by atoms with van der Waals surface area (Å²) in [5.41, 5.74) is 0.550. The first-order valence-electron chi connectivity index (χ1n) is 8.80. The molecule has 1 fully saturated rings. The molecular weight excluding hydrogens is 338 g/mol. The number of esters is 1. The zero-order chi connectivity index (χ0) is 18.5. The van der Waals surface area contributed by atoms with Crippen LogP contribution in [-0.2, 0) is 9.53 Å². The number of rotatable bonds is 6. The summed E-state index contributed by atoms with van der Waals surface area (Å²) in [5.74, 6) is 0.585. The van der Waals surface area contributed by atoms with E-state index >= 15 is 0 Å². The van der Waals surface area contributed by atoms with E-state index in [2.05, 4.69) is 10.2 Å². The Labute approximate surface area is 150 Å². The van der Waals surface area contributed by atoms with Crippen LogP contribution in [-0.4, -0.2) is 21.1 Å². The summed E-state index contributed by atoms with van der Waals surface area (Å²) in [4.78, 5) is 22.3. The first kappa shape index (κ1) is 18.0. The van der Waals surface area contributed by atoms with Crippen LogP contribution < -0.4 is 0 Å². The lowest BCUT2D eigenvalue weighted by Crippen LogP contribution is -2.16. The molecule has 138 valence electrons. The summed E-state index contributed by atoms with van der Waals surface area (Å²) in [6.07, 6.45) is 5.54. The molecule has 0 N–H and O–H groups in total. The maximum Gasteiger partial charge on any atom is 0.306 e. The van der Waals surface area contributed by atoms with Gasteiger partial charge in [-0.1, -0.05) is 19.3 Å². The van der Waals surface area contributed by atoms with E-state index in [1.54, 1.807) is 6.92 Å². The summed E-state index contributed by atoms with van der Waals surface area (Å²) < 4.78 is 11.0. The maximum atomic E-state index is 12.1. The zero-order valence-corrected chi connectivity index (χ0v) is 14.6. The van der Waals surface area contributed by atoms with Gasteiger partial charge in [0.1, 0.15) is 0 Å². The Morgan fingerprint density at radius 3 is 2.62 bits per heavy atom. The van der Waals surface area contributed by atoms with Gasteiger partial charge < -0.3 is 9.15 Å². The van der Waals surface area contributed by atoms with E-state index in [4.69, 9.17) is 9.15 Å². The molecule has 1 aliphatic rings. The van der Waals surface area contributed by atoms with Crippen molar-refractivity contribution in [3.8, 4) is 11.5 Å². The normalized spacial score (nSPS) is 16.2. The topological polar surface area (TPSA) is 108 Å². The molecule has 0 amide bonds. The van der Waals surface area contributed by atoms with Crippen molar-refractivity contribution in [3.05, 3.63) is 40.3 Å². The van der Waals surface area contributed by atoms with Crippen molar-refractivity contribution >= 4 is 11.7 Å². The highest BCUT2D eigenvalue weighted by Gasteiger charge is 2.22. The van der Waals surface area contributed by atoms with E-state index in [1.165, 1.54) is 43.5 Å². The highest BCUT2D eigenvalue weighted by atomic mass is 16.6. The molecule has 8 nitrogen and oxygen atoms in total. The van der Waals surface area contributed by atoms with Crippen LogP contribution in [0.25, 0.3) is 11.5 Å². The van der Waals surface area contributed by atoms with E-state index in [9.17, 15) is 14.9 Å². The molecule has 0 aliphatic heterocycles. The lowest BCUT2D eigenvalue weighted by atomic mass is 9.87. The fraction of sp³-hybridized carbons (Fsp3) is 0.500. The SMILES string of the molecule is CC(OC(=O)CC1CCCCC1)c1nnc(-c2ccc([N+](=O)[O-])cc2)o1. The average Bonchev–Trinajstić information content (AvgIpc) is 3.13. The van der Waals surface area contributed by atoms with Gasteiger partial charge in [-0.05, 0) is 37.8 Å². The molecule has 3 rings (SSSR count). The lowest BCUT2D eigenvalue weighted by Gasteiger charge is -2.21. The van der Waals surface area contributed by atoms with E-state index in [1.807, 2.05) is 0 Å². The van der Waals surface area contributed by atoms with Crippen LogP contribution >= 0.6 is 0 Å². The summed E-state index contributed by atoms with van der Waals surface area (Å²) in [5, 5.41) is 18.5. The molecule has 1 unspecified atom stereocenters. The molecule has 1 aliphatic carbocycles. The van der Waals surface area contributed by atoms with Gasteiger partial charge in [-0.2, -0.15) is 0 Å². The third kappa shape index (κ3) is 4.44. The highest BCUT2D eigenvalue weighted by Crippen LogP contribution is 2.28. The molecule has 1 saturated carbocycles. The Bertz CT molecular complexity index is 765. The number of carbonyl (C=O) groups excluding carboxylic acids is 1. The Hall–Kier alpha value is -2.77. The van der Waals surface area contributed by atoms with Gasteiger partial charge in [0, 0.05) is 24.1 Å². The molecule has 1 aromatic carbocycles. The first-order valence-corrected chi connectivity index (χ1v) is 8.80. The molecule has 1 heterocycles. The Morgan fingerprint density at radius 2 is 1.96 bits per heavy atom. The quantitative estimate of drug-likeness (QED) is 0.431. The van der Waals surface area contributed by atoms with Crippen molar-refractivity contribution in [2.75, 3.05) is 0 Å². The Kier molecular flexibility index (Phi) is 5.60. The number of nitro groups is 1. The van der Waals surface area contributed by atoms with E-state index in [0.29, 0.717) is 17.9 Å². The second-order valence-corrected chi connectivity index (χ2v) is 6.59. The molecule has 26 heavy (non-hydrogen) atoms. The van der Waals surface area contributed by atoms with Gasteiger partial charge in [0.05, 0.1) is 4.92 Å². The molecule has 0 spiro atoms. The number of nitrogens with zero attached hydrogens (tertiary/aromatic N) is 3. The maximum absolute atomic E-state index is 12.1. The molecule has 8 heteroatoms. The summed E-state index contributed by atoms with van der Waals surface area (Å²) in [6, 6.07) is 5.81. The van der Waals surface area contributed by atoms with E-state index in [-0.39, 0.29) is 23.4 Å². The number of nitro benzene ring substituents is 1. The second-order valence-electron chi connectivity index (χ2n) is 6.59. The van der Waals surface area contributed by atoms with Crippen molar-refractivity contribution in [1.82, 2.24) is 10.2 Å². The van der Waals surface area contributed by atoms with Crippen LogP contribution in [0.5, 0.6) is 0 Å². The van der Waals surface area contributed by atoms with Crippen molar-refractivity contribution < 1.29 is 18.9 Å². The van der Waals surface area contributed by atoms with Crippen LogP contribution in [0, 0.1) is 16.0 Å². The predicted molar refractivity (Wildman–Crippen MR) is 92.1 cm³/mol. The largest absolute Gasteiger partial charge is 0.453 e. The first-order chi connectivity index (χ1) is 12.5. The Balaban J connectivity index is 1.59. The van der Waals surface area contributed by atoms with Crippen molar-refractivity contribution in [2.45, 2.75) is 51.6 Å². The number of hydrogen-bond acceptors (Lipinski definition) is 7. The predicted octanol–water partition coefficient (Wildman–Crippen LogP) is 4.22. The summed E-state index contributed by atoms with van der Waals surface area (Å²) in [7, 11) is 0. The lowest BCUT2D eigenvalue weighted by molar-refractivity contribution is -0.384. The molecule has 0 saturated heterocycles. The minimum absolute atomic E-state index is 0.0153. The van der Waals surface area contributed by atoms with Gasteiger partial charge in [0.15, 0.2) is 6.10 Å². The smallest absolute Gasteiger partial charge is 0.306 e. The van der Waals surface area contributed by atoms with Crippen molar-refractivity contribution in [3.63, 3.8) is 0 Å². The van der Waals surface area contributed by atoms with Gasteiger partial charge in [0.2, 0.25) is 5.89 Å². The van der Waals surface area contributed by atoms with E-state index in [0.717, 1.165) is 12.8 Å². The van der Waals surface area contributed by atoms with Gasteiger partial charge in [-0.25, -0.2) is 0 Å². The number of ether oxygens (including phenoxy) is 1. The fourth-order valence-corrected chi connectivity index (χ4v) is 3.16. The summed E-state index contributed by atoms with van der Waals surface area (Å²) in [6.45, 7) is 1.69. The standard InChI is InChI=1S/C18H21N3O5/c1-12(25-16(22)11-13-5-3-2-4-6-13)17-19-20-18(26-17)14-7-9-15(10-8-14)21(23)24/h7-10,12-13H,2-6,11H2,1H3. The third-order valence-corrected chi connectivity index (χ3v) is 4.60. The second kappa shape index (κ2) is 8.07. The minimum atomic E-state index is -0.634. The third-order valence-electron chi connectivity index (χ3n) is 4.60. The number of hydrogen-bond donors (Lipinski definition) is 0. The number of benzene rings is 1. The highest BCUT2D eigenvalue weighted by molar-refractivity contribution is 5.70. The van der Waals surface area contributed by atoms with E-state index < -0.39 is 11.0 Å². The van der Waals surface area contributed by atoms with Crippen molar-refractivity contribution in [1.29, 1.82) is 0 Å². The number of carbonyl (C=O) groups is 1. The van der Waals surface area contributed by atoms with Crippen LogP contribution in [0.1, 0.15) is 57.4 Å². The van der Waals surface area contributed by atoms with Crippen LogP contribution in [0.3, 0.4) is 0 Å². The monoisotopic (exact) mass is 359 g/mol. The van der Waals surface area contributed by atoms with Gasteiger partial charge >= 0.3 is 5.97 Å². The number of aromatic nitrogens is 2. The molecule has 0 radical (unpaired) electrons. The fourth-order valence-electron chi connectivity index (χ4n) is 3.16. The van der Waals surface area contributed by atoms with Crippen LogP contribution in [0.15, 0.2) is 28.7 Å². The van der Waals surface area contributed by atoms with Gasteiger partial charge in [0.25, 0.3) is 11.6 Å². The zero-order valence-electron chi connectivity index (χ0n) is 14.6. The molecular formula is C18H21N3O5. The minimum Gasteiger partial charge on any atom is -0.453 e. The number of non-ortho nitro benzene ring substituents is 1. The Morgan fingerprint density at radius 1 is 1.27 bits per heavy atom. The summed E-state index contributed by atoms with van der Waals surface area (Å²) >= 11 is 0. The molecule has 1 aromatic heterocycles.